The molecular formula is C12H22N2O2. The lowest BCUT2D eigenvalue weighted by atomic mass is 10.00. The van der Waals surface area contributed by atoms with Gasteiger partial charge in [-0.1, -0.05) is 6.92 Å². The number of nitrogens with zero attached hydrogens (tertiary/aromatic N) is 2. The molecule has 2 saturated heterocycles. The zero-order valence-electron chi connectivity index (χ0n) is 10.5. The van der Waals surface area contributed by atoms with Crippen molar-refractivity contribution in [1.82, 2.24) is 9.80 Å². The van der Waals surface area contributed by atoms with Crippen LogP contribution in [0.3, 0.4) is 0 Å². The van der Waals surface area contributed by atoms with Crippen LogP contribution in [0.25, 0.3) is 0 Å². The van der Waals surface area contributed by atoms with Crippen LogP contribution >= 0.6 is 0 Å². The number of hydrogen-bond donors (Lipinski definition) is 0. The maximum absolute atomic E-state index is 11.5. The van der Waals surface area contributed by atoms with Crippen LogP contribution in [0.1, 0.15) is 32.6 Å². The van der Waals surface area contributed by atoms with Crippen molar-refractivity contribution >= 4 is 6.09 Å². The van der Waals surface area contributed by atoms with Crippen LogP contribution in [-0.2, 0) is 4.74 Å². The predicted molar refractivity (Wildman–Crippen MR) is 62.4 cm³/mol. The van der Waals surface area contributed by atoms with Gasteiger partial charge in [0, 0.05) is 39.0 Å². The molecule has 3 atom stereocenters. The van der Waals surface area contributed by atoms with E-state index in [2.05, 4.69) is 11.8 Å². The van der Waals surface area contributed by atoms with Gasteiger partial charge in [-0.15, -0.1) is 0 Å². The van der Waals surface area contributed by atoms with Gasteiger partial charge in [-0.3, -0.25) is 4.90 Å². The zero-order valence-corrected chi connectivity index (χ0v) is 10.5. The SMILES string of the molecule is CCN1[C@@H]2CC[C@H]1CC(OC(=O)N(C)C)C2. The highest BCUT2D eigenvalue weighted by molar-refractivity contribution is 5.67. The summed E-state index contributed by atoms with van der Waals surface area (Å²) in [6.07, 6.45) is 4.52. The average molecular weight is 226 g/mol. The van der Waals surface area contributed by atoms with Gasteiger partial charge in [0.15, 0.2) is 0 Å². The van der Waals surface area contributed by atoms with Crippen LogP contribution in [0.15, 0.2) is 0 Å². The molecule has 0 N–H and O–H groups in total. The third-order valence-corrected chi connectivity index (χ3v) is 3.84. The summed E-state index contributed by atoms with van der Waals surface area (Å²) in [4.78, 5) is 15.6. The fourth-order valence-electron chi connectivity index (χ4n) is 3.08. The molecule has 0 radical (unpaired) electrons. The molecule has 0 aromatic rings. The van der Waals surface area contributed by atoms with Gasteiger partial charge in [0.25, 0.3) is 0 Å². The van der Waals surface area contributed by atoms with Gasteiger partial charge < -0.3 is 9.64 Å². The molecular weight excluding hydrogens is 204 g/mol. The molecule has 1 amide bonds. The van der Waals surface area contributed by atoms with Gasteiger partial charge in [0.1, 0.15) is 6.10 Å². The summed E-state index contributed by atoms with van der Waals surface area (Å²) in [5.74, 6) is 0. The van der Waals surface area contributed by atoms with E-state index in [0.717, 1.165) is 19.4 Å². The molecule has 2 heterocycles. The van der Waals surface area contributed by atoms with E-state index in [-0.39, 0.29) is 12.2 Å². The summed E-state index contributed by atoms with van der Waals surface area (Å²) in [6, 6.07) is 1.28. The number of carbonyl (C=O) groups is 1. The summed E-state index contributed by atoms with van der Waals surface area (Å²) in [7, 11) is 3.47. The van der Waals surface area contributed by atoms with Crippen molar-refractivity contribution in [2.24, 2.45) is 0 Å². The molecule has 0 aliphatic carbocycles. The van der Waals surface area contributed by atoms with E-state index in [0.29, 0.717) is 12.1 Å². The van der Waals surface area contributed by atoms with Crippen LogP contribution in [0.4, 0.5) is 4.79 Å². The number of hydrogen-bond acceptors (Lipinski definition) is 3. The number of rotatable bonds is 2. The van der Waals surface area contributed by atoms with Gasteiger partial charge in [0.2, 0.25) is 0 Å². The lowest BCUT2D eigenvalue weighted by Crippen LogP contribution is -2.46. The largest absolute Gasteiger partial charge is 0.446 e. The zero-order chi connectivity index (χ0) is 11.7. The van der Waals surface area contributed by atoms with Crippen LogP contribution in [-0.4, -0.2) is 54.7 Å². The first kappa shape index (κ1) is 11.7. The van der Waals surface area contributed by atoms with E-state index in [1.54, 1.807) is 14.1 Å². The summed E-state index contributed by atoms with van der Waals surface area (Å²) in [6.45, 7) is 3.35. The van der Waals surface area contributed by atoms with Gasteiger partial charge in [-0.05, 0) is 19.4 Å². The minimum Gasteiger partial charge on any atom is -0.446 e. The highest BCUT2D eigenvalue weighted by Gasteiger charge is 2.41. The lowest BCUT2D eigenvalue weighted by molar-refractivity contribution is 0.00982. The quantitative estimate of drug-likeness (QED) is 0.718. The second kappa shape index (κ2) is 4.62. The molecule has 0 aromatic heterocycles. The molecule has 2 fully saturated rings. The normalized spacial score (nSPS) is 33.8. The molecule has 0 saturated carbocycles. The fourth-order valence-corrected chi connectivity index (χ4v) is 3.08. The van der Waals surface area contributed by atoms with Gasteiger partial charge in [-0.25, -0.2) is 4.79 Å². The number of carbonyl (C=O) groups excluding carboxylic acids is 1. The first-order chi connectivity index (χ1) is 7.61. The van der Waals surface area contributed by atoms with E-state index in [1.165, 1.54) is 17.7 Å². The first-order valence-corrected chi connectivity index (χ1v) is 6.25. The molecule has 1 unspecified atom stereocenters. The minimum absolute atomic E-state index is 0.134. The van der Waals surface area contributed by atoms with Crippen LogP contribution in [0, 0.1) is 0 Å². The number of fused-ring (bicyclic) bond motifs is 2. The van der Waals surface area contributed by atoms with Crippen molar-refractivity contribution in [3.8, 4) is 0 Å². The summed E-state index contributed by atoms with van der Waals surface area (Å²) < 4.78 is 5.49. The molecule has 2 aliphatic rings. The Bertz CT molecular complexity index is 254. The highest BCUT2D eigenvalue weighted by atomic mass is 16.6. The molecule has 4 nitrogen and oxygen atoms in total. The van der Waals surface area contributed by atoms with E-state index in [4.69, 9.17) is 4.74 Å². The van der Waals surface area contributed by atoms with Crippen molar-refractivity contribution in [2.75, 3.05) is 20.6 Å². The Morgan fingerprint density at radius 2 is 1.88 bits per heavy atom. The fraction of sp³-hybridized carbons (Fsp3) is 0.917. The molecule has 4 heteroatoms. The van der Waals surface area contributed by atoms with Crippen molar-refractivity contribution in [2.45, 2.75) is 50.8 Å². The second-order valence-corrected chi connectivity index (χ2v) is 5.09. The monoisotopic (exact) mass is 226 g/mol. The maximum Gasteiger partial charge on any atom is 0.409 e. The van der Waals surface area contributed by atoms with Crippen molar-refractivity contribution in [3.63, 3.8) is 0 Å². The Morgan fingerprint density at radius 3 is 2.31 bits per heavy atom. The van der Waals surface area contributed by atoms with Gasteiger partial charge in [-0.2, -0.15) is 0 Å². The van der Waals surface area contributed by atoms with Crippen LogP contribution < -0.4 is 0 Å². The van der Waals surface area contributed by atoms with Gasteiger partial charge >= 0.3 is 6.09 Å². The van der Waals surface area contributed by atoms with Crippen molar-refractivity contribution in [1.29, 1.82) is 0 Å². The molecule has 2 rings (SSSR count). The number of ether oxygens (including phenoxy) is 1. The third-order valence-electron chi connectivity index (χ3n) is 3.84. The third kappa shape index (κ3) is 2.17. The molecule has 2 aliphatic heterocycles. The van der Waals surface area contributed by atoms with E-state index in [1.807, 2.05) is 0 Å². The molecule has 2 bridgehead atoms. The van der Waals surface area contributed by atoms with Crippen LogP contribution in [0.2, 0.25) is 0 Å². The highest BCUT2D eigenvalue weighted by Crippen LogP contribution is 2.36. The minimum atomic E-state index is -0.200. The van der Waals surface area contributed by atoms with E-state index in [9.17, 15) is 4.79 Å². The molecule has 92 valence electrons. The van der Waals surface area contributed by atoms with Gasteiger partial charge in [0.05, 0.1) is 0 Å². The first-order valence-electron chi connectivity index (χ1n) is 6.25. The second-order valence-electron chi connectivity index (χ2n) is 5.09. The Kier molecular flexibility index (Phi) is 3.38. The number of piperidine rings is 1. The van der Waals surface area contributed by atoms with E-state index >= 15 is 0 Å². The predicted octanol–water partition coefficient (Wildman–Crippen LogP) is 1.70. The molecule has 0 spiro atoms. The molecule has 0 aromatic carbocycles. The average Bonchev–Trinajstić information content (AvgIpc) is 2.49. The topological polar surface area (TPSA) is 32.8 Å². The standard InChI is InChI=1S/C12H22N2O2/c1-4-14-9-5-6-10(14)8-11(7-9)16-12(15)13(2)3/h9-11H,4-8H2,1-3H3/t9-,10+,11?. The summed E-state index contributed by atoms with van der Waals surface area (Å²) in [5.41, 5.74) is 0. The lowest BCUT2D eigenvalue weighted by Gasteiger charge is -2.38. The van der Waals surface area contributed by atoms with Crippen molar-refractivity contribution in [3.05, 3.63) is 0 Å². The van der Waals surface area contributed by atoms with E-state index < -0.39 is 0 Å². The molecule has 16 heavy (non-hydrogen) atoms. The Labute approximate surface area is 97.5 Å². The Hall–Kier alpha value is -0.770. The summed E-state index contributed by atoms with van der Waals surface area (Å²) >= 11 is 0. The van der Waals surface area contributed by atoms with Crippen molar-refractivity contribution < 1.29 is 9.53 Å². The smallest absolute Gasteiger partial charge is 0.409 e. The van der Waals surface area contributed by atoms with Crippen LogP contribution in [0.5, 0.6) is 0 Å². The Morgan fingerprint density at radius 1 is 1.31 bits per heavy atom. The Balaban J connectivity index is 1.90. The summed E-state index contributed by atoms with van der Waals surface area (Å²) in [5, 5.41) is 0. The number of amides is 1. The maximum atomic E-state index is 11.5.